The van der Waals surface area contributed by atoms with Crippen LogP contribution in [0, 0.1) is 13.8 Å². The number of carbonyl (C=O) groups excluding carboxylic acids is 1. The molecule has 4 rings (SSSR count). The molecular weight excluding hydrogens is 368 g/mol. The van der Waals surface area contributed by atoms with Gasteiger partial charge in [-0.1, -0.05) is 53.7 Å². The van der Waals surface area contributed by atoms with Gasteiger partial charge in [-0.05, 0) is 51.3 Å². The molecule has 1 aliphatic heterocycles. The molecule has 0 fully saturated rings. The number of rotatable bonds is 4. The van der Waals surface area contributed by atoms with Gasteiger partial charge in [0, 0.05) is 16.8 Å². The normalized spacial score (nSPS) is 14.3. The van der Waals surface area contributed by atoms with Crippen molar-refractivity contribution in [1.82, 2.24) is 14.8 Å². The minimum atomic E-state index is -0.139. The quantitative estimate of drug-likeness (QED) is 0.660. The highest BCUT2D eigenvalue weighted by Gasteiger charge is 2.34. The van der Waals surface area contributed by atoms with Crippen LogP contribution in [0.4, 0.5) is 5.69 Å². The molecular formula is C22H24N4OS. The Labute approximate surface area is 169 Å². The van der Waals surface area contributed by atoms with Crippen molar-refractivity contribution in [2.24, 2.45) is 0 Å². The number of amides is 1. The number of fused-ring (bicyclic) bond motifs is 3. The number of nitrogens with one attached hydrogen (secondary N) is 1. The lowest BCUT2D eigenvalue weighted by Gasteiger charge is -2.34. The molecule has 0 radical (unpaired) electrons. The lowest BCUT2D eigenvalue weighted by molar-refractivity contribution is -0.113. The van der Waals surface area contributed by atoms with Gasteiger partial charge in [0.2, 0.25) is 5.91 Å². The maximum Gasteiger partial charge on any atom is 0.234 e. The van der Waals surface area contributed by atoms with Crippen LogP contribution in [0.3, 0.4) is 0 Å². The summed E-state index contributed by atoms with van der Waals surface area (Å²) in [6.07, 6.45) is 0.913. The number of hydrogen-bond acceptors (Lipinski definition) is 4. The Morgan fingerprint density at radius 1 is 1.18 bits per heavy atom. The van der Waals surface area contributed by atoms with E-state index in [4.69, 9.17) is 0 Å². The zero-order chi connectivity index (χ0) is 19.9. The molecule has 3 aromatic rings. The Morgan fingerprint density at radius 2 is 1.96 bits per heavy atom. The second kappa shape index (κ2) is 7.09. The number of thioether (sulfide) groups is 1. The molecule has 1 amide bonds. The number of carbonyl (C=O) groups is 1. The third-order valence-electron chi connectivity index (χ3n) is 5.11. The number of anilines is 1. The number of hydrogen-bond donors (Lipinski definition) is 1. The summed E-state index contributed by atoms with van der Waals surface area (Å²) in [7, 11) is 0. The Balaban J connectivity index is 1.53. The van der Waals surface area contributed by atoms with Crippen LogP contribution < -0.4 is 5.32 Å². The van der Waals surface area contributed by atoms with Gasteiger partial charge in [-0.3, -0.25) is 9.36 Å². The van der Waals surface area contributed by atoms with E-state index >= 15 is 0 Å². The van der Waals surface area contributed by atoms with Crippen LogP contribution in [-0.2, 0) is 16.8 Å². The lowest BCUT2D eigenvalue weighted by atomic mass is 9.87. The summed E-state index contributed by atoms with van der Waals surface area (Å²) in [6.45, 7) is 8.43. The predicted molar refractivity (Wildman–Crippen MR) is 114 cm³/mol. The van der Waals surface area contributed by atoms with E-state index in [0.717, 1.165) is 34.2 Å². The van der Waals surface area contributed by atoms with Gasteiger partial charge in [-0.25, -0.2) is 0 Å². The summed E-state index contributed by atoms with van der Waals surface area (Å²) in [4.78, 5) is 12.5. The van der Waals surface area contributed by atoms with Crippen LogP contribution in [0.25, 0.3) is 11.4 Å². The zero-order valence-electron chi connectivity index (χ0n) is 16.6. The summed E-state index contributed by atoms with van der Waals surface area (Å²) in [5.74, 6) is 1.14. The summed E-state index contributed by atoms with van der Waals surface area (Å²) < 4.78 is 2.17. The van der Waals surface area contributed by atoms with Gasteiger partial charge in [-0.15, -0.1) is 10.2 Å². The largest absolute Gasteiger partial charge is 0.325 e. The van der Waals surface area contributed by atoms with Crippen molar-refractivity contribution in [3.05, 3.63) is 59.2 Å². The fourth-order valence-electron chi connectivity index (χ4n) is 3.79. The van der Waals surface area contributed by atoms with E-state index in [1.54, 1.807) is 0 Å². The highest BCUT2D eigenvalue weighted by molar-refractivity contribution is 7.99. The monoisotopic (exact) mass is 392 g/mol. The van der Waals surface area contributed by atoms with Crippen molar-refractivity contribution < 1.29 is 4.79 Å². The van der Waals surface area contributed by atoms with E-state index in [1.165, 1.54) is 22.9 Å². The van der Waals surface area contributed by atoms with Crippen LogP contribution in [0.15, 0.2) is 47.6 Å². The van der Waals surface area contributed by atoms with Crippen LogP contribution in [-0.4, -0.2) is 26.4 Å². The lowest BCUT2D eigenvalue weighted by Crippen LogP contribution is -2.33. The van der Waals surface area contributed by atoms with Gasteiger partial charge in [-0.2, -0.15) is 0 Å². The number of nitrogens with zero attached hydrogens (tertiary/aromatic N) is 3. The Kier molecular flexibility index (Phi) is 4.75. The summed E-state index contributed by atoms with van der Waals surface area (Å²) >= 11 is 1.43. The van der Waals surface area contributed by atoms with Gasteiger partial charge in [0.1, 0.15) is 0 Å². The summed E-state index contributed by atoms with van der Waals surface area (Å²) in [5, 5.41) is 12.6. The standard InChI is InChI=1S/C22H24N4OS/c1-14-9-10-18(15(2)11-14)23-19(27)13-28-21-25-24-20-17-8-6-5-7-16(17)12-22(3,4)26(20)21/h5-11H,12-13H2,1-4H3,(H,23,27). The van der Waals surface area contributed by atoms with E-state index in [0.29, 0.717) is 5.75 Å². The fourth-order valence-corrected chi connectivity index (χ4v) is 4.69. The van der Waals surface area contributed by atoms with Crippen molar-refractivity contribution in [2.45, 2.75) is 44.8 Å². The van der Waals surface area contributed by atoms with Crippen molar-refractivity contribution in [3.8, 4) is 11.4 Å². The molecule has 0 saturated carbocycles. The summed E-state index contributed by atoms with van der Waals surface area (Å²) in [6, 6.07) is 14.4. The van der Waals surface area contributed by atoms with E-state index in [1.807, 2.05) is 32.0 Å². The van der Waals surface area contributed by atoms with E-state index < -0.39 is 0 Å². The molecule has 1 aliphatic rings. The first-order valence-electron chi connectivity index (χ1n) is 9.39. The van der Waals surface area contributed by atoms with Crippen molar-refractivity contribution >= 4 is 23.4 Å². The number of aryl methyl sites for hydroxylation is 2. The molecule has 1 N–H and O–H groups in total. The molecule has 144 valence electrons. The minimum Gasteiger partial charge on any atom is -0.325 e. The van der Waals surface area contributed by atoms with E-state index in [-0.39, 0.29) is 11.4 Å². The molecule has 2 aromatic carbocycles. The SMILES string of the molecule is Cc1ccc(NC(=O)CSc2nnc3n2C(C)(C)Cc2ccccc2-3)c(C)c1. The molecule has 28 heavy (non-hydrogen) atoms. The Morgan fingerprint density at radius 3 is 2.75 bits per heavy atom. The first-order chi connectivity index (χ1) is 13.3. The molecule has 0 saturated heterocycles. The molecule has 2 heterocycles. The maximum atomic E-state index is 12.5. The highest BCUT2D eigenvalue weighted by atomic mass is 32.2. The fraction of sp³-hybridized carbons (Fsp3) is 0.318. The van der Waals surface area contributed by atoms with Gasteiger partial charge >= 0.3 is 0 Å². The van der Waals surface area contributed by atoms with E-state index in [2.05, 4.69) is 58.2 Å². The molecule has 0 spiro atoms. The first-order valence-corrected chi connectivity index (χ1v) is 10.4. The van der Waals surface area contributed by atoms with Crippen molar-refractivity contribution in [2.75, 3.05) is 11.1 Å². The molecule has 6 heteroatoms. The zero-order valence-corrected chi connectivity index (χ0v) is 17.4. The van der Waals surface area contributed by atoms with Crippen molar-refractivity contribution in [1.29, 1.82) is 0 Å². The minimum absolute atomic E-state index is 0.0386. The van der Waals surface area contributed by atoms with Crippen LogP contribution in [0.2, 0.25) is 0 Å². The molecule has 0 aliphatic carbocycles. The number of aromatic nitrogens is 3. The average Bonchev–Trinajstić information content (AvgIpc) is 3.08. The second-order valence-corrected chi connectivity index (χ2v) is 8.89. The van der Waals surface area contributed by atoms with E-state index in [9.17, 15) is 4.79 Å². The average molecular weight is 393 g/mol. The van der Waals surface area contributed by atoms with Gasteiger partial charge in [0.25, 0.3) is 0 Å². The Hall–Kier alpha value is -2.60. The molecule has 0 unspecified atom stereocenters. The summed E-state index contributed by atoms with van der Waals surface area (Å²) in [5.41, 5.74) is 5.38. The predicted octanol–water partition coefficient (Wildman–Crippen LogP) is 4.58. The van der Waals surface area contributed by atoms with Gasteiger partial charge in [0.15, 0.2) is 11.0 Å². The molecule has 5 nitrogen and oxygen atoms in total. The van der Waals surface area contributed by atoms with Crippen LogP contribution in [0.5, 0.6) is 0 Å². The third-order valence-corrected chi connectivity index (χ3v) is 6.04. The molecule has 0 bridgehead atoms. The van der Waals surface area contributed by atoms with Crippen molar-refractivity contribution in [3.63, 3.8) is 0 Å². The smallest absolute Gasteiger partial charge is 0.234 e. The van der Waals surface area contributed by atoms with Crippen LogP contribution >= 0.6 is 11.8 Å². The molecule has 0 atom stereocenters. The Bertz CT molecular complexity index is 1050. The van der Waals surface area contributed by atoms with Gasteiger partial charge in [0.05, 0.1) is 5.75 Å². The first kappa shape index (κ1) is 18.7. The number of benzene rings is 2. The topological polar surface area (TPSA) is 59.8 Å². The second-order valence-electron chi connectivity index (χ2n) is 7.94. The highest BCUT2D eigenvalue weighted by Crippen LogP contribution is 2.39. The molecule has 1 aromatic heterocycles. The third kappa shape index (κ3) is 3.44. The maximum absolute atomic E-state index is 12.5. The van der Waals surface area contributed by atoms with Gasteiger partial charge < -0.3 is 5.32 Å². The van der Waals surface area contributed by atoms with Crippen LogP contribution in [0.1, 0.15) is 30.5 Å².